The molecule has 4 amide bonds. The Kier molecular flexibility index (Phi) is 5.31. The Morgan fingerprint density at radius 2 is 1.90 bits per heavy atom. The molecular formula is C20H20N4O5. The summed E-state index contributed by atoms with van der Waals surface area (Å²) in [6, 6.07) is 12.5. The zero-order valence-corrected chi connectivity index (χ0v) is 16.0. The molecule has 2 N–H and O–H groups in total. The summed E-state index contributed by atoms with van der Waals surface area (Å²) in [4.78, 5) is 49.4. The molecule has 1 unspecified atom stereocenters. The van der Waals surface area contributed by atoms with Gasteiger partial charge in [0, 0.05) is 6.07 Å². The zero-order chi connectivity index (χ0) is 21.2. The highest BCUT2D eigenvalue weighted by atomic mass is 16.6. The molecule has 0 bridgehead atoms. The van der Waals surface area contributed by atoms with Crippen molar-refractivity contribution in [3.8, 4) is 0 Å². The lowest BCUT2D eigenvalue weighted by Gasteiger charge is -2.25. The molecule has 2 aromatic carbocycles. The first-order valence-electron chi connectivity index (χ1n) is 9.03. The second kappa shape index (κ2) is 7.70. The van der Waals surface area contributed by atoms with Crippen molar-refractivity contribution in [2.24, 2.45) is 0 Å². The van der Waals surface area contributed by atoms with E-state index in [2.05, 4.69) is 10.6 Å². The van der Waals surface area contributed by atoms with Gasteiger partial charge in [0.1, 0.15) is 17.8 Å². The number of benzene rings is 2. The highest BCUT2D eigenvalue weighted by molar-refractivity contribution is 6.10. The average Bonchev–Trinajstić information content (AvgIpc) is 2.95. The fourth-order valence-electron chi connectivity index (χ4n) is 3.36. The van der Waals surface area contributed by atoms with Crippen LogP contribution in [-0.2, 0) is 15.1 Å². The molecule has 1 heterocycles. The van der Waals surface area contributed by atoms with Crippen LogP contribution in [0.3, 0.4) is 0 Å². The van der Waals surface area contributed by atoms with Gasteiger partial charge in [0.15, 0.2) is 0 Å². The fourth-order valence-corrected chi connectivity index (χ4v) is 3.36. The number of imide groups is 1. The number of anilines is 1. The first-order chi connectivity index (χ1) is 13.8. The Hall–Kier alpha value is -3.75. The number of urea groups is 1. The lowest BCUT2D eigenvalue weighted by atomic mass is 9.87. The largest absolute Gasteiger partial charge is 0.325 e. The van der Waals surface area contributed by atoms with Crippen LogP contribution in [0.1, 0.15) is 24.5 Å². The number of aryl methyl sites for hydroxylation is 1. The molecule has 1 aliphatic rings. The number of rotatable bonds is 6. The third-order valence-corrected chi connectivity index (χ3v) is 4.90. The van der Waals surface area contributed by atoms with Crippen LogP contribution in [0.5, 0.6) is 0 Å². The standard InChI is InChI=1S/C20H20N4O5/c1-3-20(14-7-5-4-6-8-14)18(26)23(19(27)22-20)12-17(25)21-15-10-9-13(2)11-16(15)24(28)29/h4-11H,3,12H2,1-2H3,(H,21,25)(H,22,27). The highest BCUT2D eigenvalue weighted by Crippen LogP contribution is 2.32. The smallest absolute Gasteiger partial charge is 0.319 e. The van der Waals surface area contributed by atoms with Crippen LogP contribution in [0, 0.1) is 17.0 Å². The molecule has 3 rings (SSSR count). The van der Waals surface area contributed by atoms with Crippen LogP contribution in [0.25, 0.3) is 0 Å². The Balaban J connectivity index is 1.80. The lowest BCUT2D eigenvalue weighted by molar-refractivity contribution is -0.384. The van der Waals surface area contributed by atoms with Gasteiger partial charge in [-0.2, -0.15) is 0 Å². The van der Waals surface area contributed by atoms with Crippen molar-refractivity contribution >= 4 is 29.2 Å². The quantitative estimate of drug-likeness (QED) is 0.442. The molecule has 1 atom stereocenters. The Morgan fingerprint density at radius 3 is 2.52 bits per heavy atom. The van der Waals surface area contributed by atoms with E-state index in [0.29, 0.717) is 17.5 Å². The molecule has 0 aliphatic carbocycles. The molecule has 29 heavy (non-hydrogen) atoms. The van der Waals surface area contributed by atoms with Crippen molar-refractivity contribution in [3.63, 3.8) is 0 Å². The molecule has 0 saturated carbocycles. The van der Waals surface area contributed by atoms with Gasteiger partial charge in [0.25, 0.3) is 11.6 Å². The van der Waals surface area contributed by atoms with E-state index in [4.69, 9.17) is 0 Å². The summed E-state index contributed by atoms with van der Waals surface area (Å²) in [6.07, 6.45) is 0.309. The number of nitro benzene ring substituents is 1. The van der Waals surface area contributed by atoms with E-state index >= 15 is 0 Å². The maximum absolute atomic E-state index is 13.0. The molecular weight excluding hydrogens is 376 g/mol. The summed E-state index contributed by atoms with van der Waals surface area (Å²) in [5.74, 6) is -1.25. The molecule has 0 aromatic heterocycles. The van der Waals surface area contributed by atoms with Crippen LogP contribution >= 0.6 is 0 Å². The fraction of sp³-hybridized carbons (Fsp3) is 0.250. The summed E-state index contributed by atoms with van der Waals surface area (Å²) in [6.45, 7) is 2.91. The first kappa shape index (κ1) is 20.0. The summed E-state index contributed by atoms with van der Waals surface area (Å²) >= 11 is 0. The van der Waals surface area contributed by atoms with Gasteiger partial charge < -0.3 is 10.6 Å². The van der Waals surface area contributed by atoms with Crippen molar-refractivity contribution in [2.75, 3.05) is 11.9 Å². The van der Waals surface area contributed by atoms with Gasteiger partial charge in [-0.05, 0) is 30.5 Å². The van der Waals surface area contributed by atoms with Crippen LogP contribution in [0.4, 0.5) is 16.2 Å². The molecule has 1 aliphatic heterocycles. The van der Waals surface area contributed by atoms with E-state index in [0.717, 1.165) is 4.90 Å². The van der Waals surface area contributed by atoms with E-state index in [1.54, 1.807) is 50.2 Å². The summed E-state index contributed by atoms with van der Waals surface area (Å²) in [5, 5.41) is 16.3. The van der Waals surface area contributed by atoms with Crippen molar-refractivity contribution in [3.05, 3.63) is 69.8 Å². The molecule has 150 valence electrons. The number of amides is 4. The number of hydrogen-bond donors (Lipinski definition) is 2. The van der Waals surface area contributed by atoms with Gasteiger partial charge >= 0.3 is 6.03 Å². The Bertz CT molecular complexity index is 992. The molecule has 1 fully saturated rings. The number of carbonyl (C=O) groups is 3. The van der Waals surface area contributed by atoms with E-state index in [1.165, 1.54) is 12.1 Å². The number of hydrogen-bond acceptors (Lipinski definition) is 5. The first-order valence-corrected chi connectivity index (χ1v) is 9.03. The normalized spacial score (nSPS) is 18.5. The van der Waals surface area contributed by atoms with Crippen LogP contribution in [-0.4, -0.2) is 34.2 Å². The minimum atomic E-state index is -1.24. The third kappa shape index (κ3) is 3.66. The van der Waals surface area contributed by atoms with E-state index in [1.807, 2.05) is 0 Å². The molecule has 9 heteroatoms. The van der Waals surface area contributed by atoms with Gasteiger partial charge in [-0.3, -0.25) is 24.6 Å². The second-order valence-corrected chi connectivity index (χ2v) is 6.77. The van der Waals surface area contributed by atoms with Gasteiger partial charge in [0.05, 0.1) is 4.92 Å². The van der Waals surface area contributed by atoms with Crippen LogP contribution < -0.4 is 10.6 Å². The Labute approximate surface area is 166 Å². The monoisotopic (exact) mass is 396 g/mol. The van der Waals surface area contributed by atoms with Crippen molar-refractivity contribution in [1.82, 2.24) is 10.2 Å². The summed E-state index contributed by atoms with van der Waals surface area (Å²) in [5.41, 5.74) is -0.211. The Morgan fingerprint density at radius 1 is 1.21 bits per heavy atom. The maximum Gasteiger partial charge on any atom is 0.325 e. The van der Waals surface area contributed by atoms with E-state index < -0.39 is 34.9 Å². The predicted octanol–water partition coefficient (Wildman–Crippen LogP) is 2.70. The lowest BCUT2D eigenvalue weighted by Crippen LogP contribution is -2.44. The highest BCUT2D eigenvalue weighted by Gasteiger charge is 2.51. The topological polar surface area (TPSA) is 122 Å². The average molecular weight is 396 g/mol. The minimum Gasteiger partial charge on any atom is -0.319 e. The van der Waals surface area contributed by atoms with Crippen LogP contribution in [0.15, 0.2) is 48.5 Å². The molecule has 0 radical (unpaired) electrons. The van der Waals surface area contributed by atoms with Crippen molar-refractivity contribution < 1.29 is 19.3 Å². The van der Waals surface area contributed by atoms with Crippen LogP contribution in [0.2, 0.25) is 0 Å². The van der Waals surface area contributed by atoms with Gasteiger partial charge in [-0.15, -0.1) is 0 Å². The summed E-state index contributed by atoms with van der Waals surface area (Å²) in [7, 11) is 0. The van der Waals surface area contributed by atoms with Crippen molar-refractivity contribution in [2.45, 2.75) is 25.8 Å². The predicted molar refractivity (Wildman–Crippen MR) is 105 cm³/mol. The summed E-state index contributed by atoms with van der Waals surface area (Å²) < 4.78 is 0. The van der Waals surface area contributed by atoms with Gasteiger partial charge in [-0.1, -0.05) is 43.3 Å². The third-order valence-electron chi connectivity index (χ3n) is 4.90. The van der Waals surface area contributed by atoms with Gasteiger partial charge in [-0.25, -0.2) is 4.79 Å². The maximum atomic E-state index is 13.0. The number of nitro groups is 1. The molecule has 0 spiro atoms. The minimum absolute atomic E-state index is 0.00229. The molecule has 2 aromatic rings. The van der Waals surface area contributed by atoms with E-state index in [9.17, 15) is 24.5 Å². The SMILES string of the molecule is CCC1(c2ccccc2)NC(=O)N(CC(=O)Nc2ccc(C)cc2[N+](=O)[O-])C1=O. The second-order valence-electron chi connectivity index (χ2n) is 6.77. The van der Waals surface area contributed by atoms with E-state index in [-0.39, 0.29) is 11.4 Å². The van der Waals surface area contributed by atoms with Gasteiger partial charge in [0.2, 0.25) is 5.91 Å². The number of nitrogens with zero attached hydrogens (tertiary/aromatic N) is 2. The number of nitrogens with one attached hydrogen (secondary N) is 2. The van der Waals surface area contributed by atoms with Crippen molar-refractivity contribution in [1.29, 1.82) is 0 Å². The number of carbonyl (C=O) groups excluding carboxylic acids is 3. The molecule has 9 nitrogen and oxygen atoms in total. The zero-order valence-electron chi connectivity index (χ0n) is 16.0. The molecule has 1 saturated heterocycles.